The number of hydrogen-bond donors (Lipinski definition) is 0. The first-order valence-corrected chi connectivity index (χ1v) is 9.00. The van der Waals surface area contributed by atoms with Gasteiger partial charge < -0.3 is 9.26 Å². The summed E-state index contributed by atoms with van der Waals surface area (Å²) in [6.45, 7) is 2.86. The van der Waals surface area contributed by atoms with Crippen LogP contribution in [-0.2, 0) is 23.1 Å². The fraction of sp³-hybridized carbons (Fsp3) is 0.263. The van der Waals surface area contributed by atoms with Crippen molar-refractivity contribution in [3.63, 3.8) is 0 Å². The fourth-order valence-corrected chi connectivity index (χ4v) is 2.85. The second-order valence-electron chi connectivity index (χ2n) is 6.74. The molecule has 3 heterocycles. The second kappa shape index (κ2) is 7.50. The van der Waals surface area contributed by atoms with E-state index in [-0.39, 0.29) is 24.1 Å². The molecule has 0 aliphatic rings. The average Bonchev–Trinajstić information content (AvgIpc) is 3.34. The van der Waals surface area contributed by atoms with E-state index in [9.17, 15) is 14.0 Å². The molecule has 0 saturated heterocycles. The predicted molar refractivity (Wildman–Crippen MR) is 102 cm³/mol. The standard InChI is InChI=1S/C19H17FN6O4/c1-10-4-5-12(6-14(10)20)16-23-18(30-24-16)11(2)29-15(27)8-26-9-21-17-13(19(26)28)7-22-25(17)3/h4-7,9,11H,8H2,1-3H3. The number of carbonyl (C=O) groups excluding carboxylic acids is 1. The minimum atomic E-state index is -0.861. The molecule has 0 aliphatic carbocycles. The third-order valence-corrected chi connectivity index (χ3v) is 4.55. The van der Waals surface area contributed by atoms with Crippen LogP contribution in [0.15, 0.2) is 40.0 Å². The SMILES string of the molecule is Cc1ccc(-c2noc(C(C)OC(=O)Cn3cnc4c(cnn4C)c3=O)n2)cc1F. The summed E-state index contributed by atoms with van der Waals surface area (Å²) < 4.78 is 26.8. The maximum atomic E-state index is 13.7. The van der Waals surface area contributed by atoms with Gasteiger partial charge in [0.25, 0.3) is 11.4 Å². The van der Waals surface area contributed by atoms with Gasteiger partial charge in [0.15, 0.2) is 11.8 Å². The van der Waals surface area contributed by atoms with Crippen LogP contribution in [0.1, 0.15) is 24.5 Å². The summed E-state index contributed by atoms with van der Waals surface area (Å²) in [5.74, 6) is -0.847. The van der Waals surface area contributed by atoms with Crippen molar-refractivity contribution in [2.24, 2.45) is 7.05 Å². The van der Waals surface area contributed by atoms with Crippen LogP contribution in [0.5, 0.6) is 0 Å². The fourth-order valence-electron chi connectivity index (χ4n) is 2.85. The van der Waals surface area contributed by atoms with Gasteiger partial charge >= 0.3 is 5.97 Å². The van der Waals surface area contributed by atoms with Crippen molar-refractivity contribution in [1.82, 2.24) is 29.5 Å². The zero-order valence-electron chi connectivity index (χ0n) is 16.4. The topological polar surface area (TPSA) is 118 Å². The number of aromatic nitrogens is 6. The lowest BCUT2D eigenvalue weighted by Crippen LogP contribution is -2.26. The second-order valence-corrected chi connectivity index (χ2v) is 6.74. The van der Waals surface area contributed by atoms with Gasteiger partial charge in [0.05, 0.1) is 6.20 Å². The molecule has 0 amide bonds. The molecule has 4 rings (SSSR count). The molecule has 1 unspecified atom stereocenters. The molecule has 0 saturated carbocycles. The van der Waals surface area contributed by atoms with E-state index in [0.717, 1.165) is 4.57 Å². The highest BCUT2D eigenvalue weighted by atomic mass is 19.1. The van der Waals surface area contributed by atoms with Gasteiger partial charge in [-0.05, 0) is 25.5 Å². The van der Waals surface area contributed by atoms with Crippen LogP contribution < -0.4 is 5.56 Å². The van der Waals surface area contributed by atoms with Gasteiger partial charge in [0, 0.05) is 12.6 Å². The lowest BCUT2D eigenvalue weighted by Gasteiger charge is -2.10. The summed E-state index contributed by atoms with van der Waals surface area (Å²) in [4.78, 5) is 33.0. The van der Waals surface area contributed by atoms with Gasteiger partial charge in [-0.3, -0.25) is 18.8 Å². The van der Waals surface area contributed by atoms with E-state index in [4.69, 9.17) is 9.26 Å². The number of aryl methyl sites for hydroxylation is 2. The average molecular weight is 412 g/mol. The lowest BCUT2D eigenvalue weighted by atomic mass is 10.1. The number of rotatable bonds is 5. The van der Waals surface area contributed by atoms with E-state index in [0.29, 0.717) is 22.2 Å². The number of carbonyl (C=O) groups is 1. The van der Waals surface area contributed by atoms with Crippen LogP contribution in [0, 0.1) is 12.7 Å². The van der Waals surface area contributed by atoms with Crippen LogP contribution in [0.4, 0.5) is 4.39 Å². The lowest BCUT2D eigenvalue weighted by molar-refractivity contribution is -0.150. The first kappa shape index (κ1) is 19.4. The Labute approximate surface area is 168 Å². The highest BCUT2D eigenvalue weighted by Gasteiger charge is 2.20. The van der Waals surface area contributed by atoms with Gasteiger partial charge in [-0.15, -0.1) is 0 Å². The molecule has 0 aliphatic heterocycles. The monoisotopic (exact) mass is 412 g/mol. The molecule has 0 bridgehead atoms. The smallest absolute Gasteiger partial charge is 0.326 e. The molecule has 11 heteroatoms. The zero-order chi connectivity index (χ0) is 21.4. The number of ether oxygens (including phenoxy) is 1. The Balaban J connectivity index is 1.46. The Morgan fingerprint density at radius 1 is 1.37 bits per heavy atom. The van der Waals surface area contributed by atoms with Crippen molar-refractivity contribution in [3.8, 4) is 11.4 Å². The molecular weight excluding hydrogens is 395 g/mol. The Morgan fingerprint density at radius 3 is 2.93 bits per heavy atom. The largest absolute Gasteiger partial charge is 0.451 e. The number of halogens is 1. The van der Waals surface area contributed by atoms with Gasteiger partial charge in [-0.2, -0.15) is 10.1 Å². The predicted octanol–water partition coefficient (Wildman–Crippen LogP) is 1.93. The van der Waals surface area contributed by atoms with Gasteiger partial charge in [0.2, 0.25) is 5.82 Å². The summed E-state index contributed by atoms with van der Waals surface area (Å²) in [6, 6.07) is 4.57. The van der Waals surface area contributed by atoms with Gasteiger partial charge in [-0.1, -0.05) is 17.3 Å². The van der Waals surface area contributed by atoms with E-state index in [1.54, 1.807) is 33.0 Å². The molecule has 3 aromatic heterocycles. The molecule has 4 aromatic rings. The Bertz CT molecular complexity index is 1310. The molecule has 1 atom stereocenters. The molecule has 1 aromatic carbocycles. The van der Waals surface area contributed by atoms with Crippen molar-refractivity contribution in [2.75, 3.05) is 0 Å². The van der Waals surface area contributed by atoms with Crippen molar-refractivity contribution in [2.45, 2.75) is 26.5 Å². The molecule has 0 spiro atoms. The maximum absolute atomic E-state index is 13.7. The third kappa shape index (κ3) is 3.56. The van der Waals surface area contributed by atoms with Crippen LogP contribution in [0.2, 0.25) is 0 Å². The zero-order valence-corrected chi connectivity index (χ0v) is 16.4. The highest BCUT2D eigenvalue weighted by molar-refractivity contribution is 5.74. The van der Waals surface area contributed by atoms with E-state index < -0.39 is 17.6 Å². The number of fused-ring (bicyclic) bond motifs is 1. The number of hydrogen-bond acceptors (Lipinski definition) is 8. The van der Waals surface area contributed by atoms with Crippen molar-refractivity contribution in [3.05, 3.63) is 58.3 Å². The maximum Gasteiger partial charge on any atom is 0.326 e. The summed E-state index contributed by atoms with van der Waals surface area (Å²) in [6.07, 6.45) is 1.79. The first-order valence-electron chi connectivity index (χ1n) is 9.00. The van der Waals surface area contributed by atoms with E-state index in [1.807, 2.05) is 0 Å². The van der Waals surface area contributed by atoms with Crippen LogP contribution >= 0.6 is 0 Å². The van der Waals surface area contributed by atoms with Crippen molar-refractivity contribution in [1.29, 1.82) is 0 Å². The normalized spacial score (nSPS) is 12.3. The summed E-state index contributed by atoms with van der Waals surface area (Å²) in [5, 5.41) is 8.08. The molecular formula is C19H17FN6O4. The van der Waals surface area contributed by atoms with Crippen molar-refractivity contribution >= 4 is 17.0 Å². The van der Waals surface area contributed by atoms with Gasteiger partial charge in [-0.25, -0.2) is 9.37 Å². The van der Waals surface area contributed by atoms with E-state index >= 15 is 0 Å². The van der Waals surface area contributed by atoms with Crippen LogP contribution in [0.3, 0.4) is 0 Å². The summed E-state index contributed by atoms with van der Waals surface area (Å²) >= 11 is 0. The number of nitrogens with zero attached hydrogens (tertiary/aromatic N) is 6. The van der Waals surface area contributed by atoms with Gasteiger partial charge in [0.1, 0.15) is 24.1 Å². The van der Waals surface area contributed by atoms with E-state index in [1.165, 1.54) is 23.3 Å². The molecule has 0 fully saturated rings. The van der Waals surface area contributed by atoms with Crippen LogP contribution in [0.25, 0.3) is 22.4 Å². The van der Waals surface area contributed by atoms with E-state index in [2.05, 4.69) is 20.2 Å². The first-order chi connectivity index (χ1) is 14.3. The quantitative estimate of drug-likeness (QED) is 0.456. The minimum absolute atomic E-state index is 0.0486. The number of esters is 1. The number of benzene rings is 1. The molecule has 30 heavy (non-hydrogen) atoms. The Hall–Kier alpha value is -3.89. The molecule has 154 valence electrons. The Kier molecular flexibility index (Phi) is 4.86. The molecule has 0 N–H and O–H groups in total. The summed E-state index contributed by atoms with van der Waals surface area (Å²) in [5.41, 5.74) is 0.955. The van der Waals surface area contributed by atoms with Crippen LogP contribution in [-0.4, -0.2) is 35.4 Å². The molecule has 0 radical (unpaired) electrons. The highest BCUT2D eigenvalue weighted by Crippen LogP contribution is 2.22. The minimum Gasteiger partial charge on any atom is -0.451 e. The third-order valence-electron chi connectivity index (χ3n) is 4.55. The van der Waals surface area contributed by atoms with Crippen molar-refractivity contribution < 1.29 is 18.4 Å². The summed E-state index contributed by atoms with van der Waals surface area (Å²) in [7, 11) is 1.67. The molecule has 10 nitrogen and oxygen atoms in total. The Morgan fingerprint density at radius 2 is 2.17 bits per heavy atom.